The van der Waals surface area contributed by atoms with E-state index in [-0.39, 0.29) is 5.91 Å². The van der Waals surface area contributed by atoms with E-state index in [0.29, 0.717) is 31.7 Å². The molecule has 96 valence electrons. The number of carbonyl (C=O) groups is 1. The van der Waals surface area contributed by atoms with Crippen LogP contribution in [-0.2, 0) is 9.53 Å². The molecule has 0 aromatic carbocycles. The van der Waals surface area contributed by atoms with Gasteiger partial charge in [0, 0.05) is 19.7 Å². The van der Waals surface area contributed by atoms with Gasteiger partial charge in [-0.3, -0.25) is 4.79 Å². The first-order valence-corrected chi connectivity index (χ1v) is 6.14. The van der Waals surface area contributed by atoms with Crippen molar-refractivity contribution in [3.63, 3.8) is 0 Å². The molecule has 0 rings (SSSR count). The fourth-order valence-electron chi connectivity index (χ4n) is 1.77. The zero-order valence-electron chi connectivity index (χ0n) is 11.0. The van der Waals surface area contributed by atoms with E-state index >= 15 is 0 Å². The molecule has 16 heavy (non-hydrogen) atoms. The first-order chi connectivity index (χ1) is 7.65. The van der Waals surface area contributed by atoms with E-state index in [0.717, 1.165) is 12.8 Å². The molecule has 0 radical (unpaired) electrons. The van der Waals surface area contributed by atoms with Crippen molar-refractivity contribution in [1.82, 2.24) is 10.6 Å². The number of methoxy groups -OCH3 is 1. The highest BCUT2D eigenvalue weighted by Gasteiger charge is 2.13. The number of nitrogens with one attached hydrogen (secondary N) is 2. The predicted molar refractivity (Wildman–Crippen MR) is 66.4 cm³/mol. The Labute approximate surface area is 99.1 Å². The van der Waals surface area contributed by atoms with Crippen LogP contribution in [0.5, 0.6) is 0 Å². The Morgan fingerprint density at radius 1 is 1.31 bits per heavy atom. The van der Waals surface area contributed by atoms with Gasteiger partial charge in [0.15, 0.2) is 0 Å². The SMILES string of the molecule is CCC(CC)C(C)NCC(=O)NCCOC. The summed E-state index contributed by atoms with van der Waals surface area (Å²) in [5, 5.41) is 6.05. The topological polar surface area (TPSA) is 50.4 Å². The molecule has 4 heteroatoms. The van der Waals surface area contributed by atoms with Gasteiger partial charge in [-0.25, -0.2) is 0 Å². The molecule has 0 aliphatic carbocycles. The van der Waals surface area contributed by atoms with Gasteiger partial charge in [0.05, 0.1) is 13.2 Å². The average Bonchev–Trinajstić information content (AvgIpc) is 2.28. The smallest absolute Gasteiger partial charge is 0.234 e. The molecule has 0 aromatic heterocycles. The van der Waals surface area contributed by atoms with Crippen molar-refractivity contribution in [1.29, 1.82) is 0 Å². The molecule has 0 bridgehead atoms. The molecular weight excluding hydrogens is 204 g/mol. The molecule has 0 spiro atoms. The van der Waals surface area contributed by atoms with E-state index in [9.17, 15) is 4.79 Å². The summed E-state index contributed by atoms with van der Waals surface area (Å²) in [6, 6.07) is 0.392. The third-order valence-corrected chi connectivity index (χ3v) is 2.97. The lowest BCUT2D eigenvalue weighted by molar-refractivity contribution is -0.120. The van der Waals surface area contributed by atoms with Gasteiger partial charge in [-0.1, -0.05) is 26.7 Å². The van der Waals surface area contributed by atoms with Gasteiger partial charge in [-0.05, 0) is 12.8 Å². The van der Waals surface area contributed by atoms with Gasteiger partial charge in [0.2, 0.25) is 5.91 Å². The van der Waals surface area contributed by atoms with Crippen LogP contribution >= 0.6 is 0 Å². The van der Waals surface area contributed by atoms with Gasteiger partial charge >= 0.3 is 0 Å². The summed E-state index contributed by atoms with van der Waals surface area (Å²) in [6.45, 7) is 8.04. The second kappa shape index (κ2) is 9.60. The minimum absolute atomic E-state index is 0.0369. The summed E-state index contributed by atoms with van der Waals surface area (Å²) < 4.78 is 4.86. The van der Waals surface area contributed by atoms with Crippen molar-refractivity contribution in [2.24, 2.45) is 5.92 Å². The molecule has 0 aliphatic rings. The van der Waals surface area contributed by atoms with Crippen LogP contribution in [0, 0.1) is 5.92 Å². The fraction of sp³-hybridized carbons (Fsp3) is 0.917. The van der Waals surface area contributed by atoms with Crippen molar-refractivity contribution >= 4 is 5.91 Å². The second-order valence-electron chi connectivity index (χ2n) is 4.09. The normalized spacial score (nSPS) is 12.8. The predicted octanol–water partition coefficient (Wildman–Crippen LogP) is 1.16. The van der Waals surface area contributed by atoms with Gasteiger partial charge in [0.25, 0.3) is 0 Å². The molecule has 0 heterocycles. The standard InChI is InChI=1S/C12H26N2O2/c1-5-11(6-2)10(3)14-9-12(15)13-7-8-16-4/h10-11,14H,5-9H2,1-4H3,(H,13,15). The van der Waals surface area contributed by atoms with Crippen LogP contribution in [-0.4, -0.2) is 38.8 Å². The number of ether oxygens (including phenoxy) is 1. The van der Waals surface area contributed by atoms with Crippen molar-refractivity contribution in [2.45, 2.75) is 39.7 Å². The van der Waals surface area contributed by atoms with E-state index in [2.05, 4.69) is 31.4 Å². The molecule has 4 nitrogen and oxygen atoms in total. The zero-order valence-corrected chi connectivity index (χ0v) is 11.0. The first kappa shape index (κ1) is 15.4. The fourth-order valence-corrected chi connectivity index (χ4v) is 1.77. The van der Waals surface area contributed by atoms with Gasteiger partial charge < -0.3 is 15.4 Å². The number of amides is 1. The Kier molecular flexibility index (Phi) is 9.24. The maximum absolute atomic E-state index is 11.4. The van der Waals surface area contributed by atoms with Crippen LogP contribution in [0.3, 0.4) is 0 Å². The third-order valence-electron chi connectivity index (χ3n) is 2.97. The van der Waals surface area contributed by atoms with Gasteiger partial charge in [-0.2, -0.15) is 0 Å². The van der Waals surface area contributed by atoms with Crippen molar-refractivity contribution < 1.29 is 9.53 Å². The molecule has 0 aromatic rings. The zero-order chi connectivity index (χ0) is 12.4. The van der Waals surface area contributed by atoms with E-state index < -0.39 is 0 Å². The van der Waals surface area contributed by atoms with Gasteiger partial charge in [0.1, 0.15) is 0 Å². The maximum Gasteiger partial charge on any atom is 0.234 e. The summed E-state index contributed by atoms with van der Waals surface area (Å²) in [7, 11) is 1.62. The molecule has 1 amide bonds. The Morgan fingerprint density at radius 3 is 2.44 bits per heavy atom. The molecule has 1 atom stereocenters. The highest BCUT2D eigenvalue weighted by molar-refractivity contribution is 5.77. The summed E-state index contributed by atoms with van der Waals surface area (Å²) in [4.78, 5) is 11.4. The average molecular weight is 230 g/mol. The maximum atomic E-state index is 11.4. The van der Waals surface area contributed by atoms with Crippen LogP contribution in [0.2, 0.25) is 0 Å². The Balaban J connectivity index is 3.65. The Morgan fingerprint density at radius 2 is 1.94 bits per heavy atom. The van der Waals surface area contributed by atoms with Crippen LogP contribution in [0.25, 0.3) is 0 Å². The number of carbonyl (C=O) groups excluding carboxylic acids is 1. The van der Waals surface area contributed by atoms with Crippen molar-refractivity contribution in [3.8, 4) is 0 Å². The highest BCUT2D eigenvalue weighted by atomic mass is 16.5. The molecule has 0 fully saturated rings. The van der Waals surface area contributed by atoms with Crippen LogP contribution in [0.1, 0.15) is 33.6 Å². The molecule has 2 N–H and O–H groups in total. The van der Waals surface area contributed by atoms with Gasteiger partial charge in [-0.15, -0.1) is 0 Å². The number of hydrogen-bond donors (Lipinski definition) is 2. The molecule has 0 aliphatic heterocycles. The van der Waals surface area contributed by atoms with E-state index in [1.165, 1.54) is 0 Å². The minimum atomic E-state index is 0.0369. The van der Waals surface area contributed by atoms with Crippen LogP contribution in [0.4, 0.5) is 0 Å². The molecule has 0 saturated carbocycles. The first-order valence-electron chi connectivity index (χ1n) is 6.14. The van der Waals surface area contributed by atoms with Crippen LogP contribution < -0.4 is 10.6 Å². The van der Waals surface area contributed by atoms with E-state index in [1.54, 1.807) is 7.11 Å². The van der Waals surface area contributed by atoms with Crippen molar-refractivity contribution in [2.75, 3.05) is 26.8 Å². The third kappa shape index (κ3) is 6.80. The molecule has 1 unspecified atom stereocenters. The van der Waals surface area contributed by atoms with Crippen LogP contribution in [0.15, 0.2) is 0 Å². The molecular formula is C12H26N2O2. The quantitative estimate of drug-likeness (QED) is 0.584. The number of hydrogen-bond acceptors (Lipinski definition) is 3. The summed E-state index contributed by atoms with van der Waals surface area (Å²) in [6.07, 6.45) is 2.30. The summed E-state index contributed by atoms with van der Waals surface area (Å²) in [5.74, 6) is 0.682. The lowest BCUT2D eigenvalue weighted by atomic mass is 9.95. The summed E-state index contributed by atoms with van der Waals surface area (Å²) >= 11 is 0. The highest BCUT2D eigenvalue weighted by Crippen LogP contribution is 2.11. The Bertz CT molecular complexity index is 182. The second-order valence-corrected chi connectivity index (χ2v) is 4.09. The van der Waals surface area contributed by atoms with Crippen molar-refractivity contribution in [3.05, 3.63) is 0 Å². The lowest BCUT2D eigenvalue weighted by Crippen LogP contribution is -2.41. The largest absolute Gasteiger partial charge is 0.383 e. The Hall–Kier alpha value is -0.610. The van der Waals surface area contributed by atoms with E-state index in [1.807, 2.05) is 0 Å². The monoisotopic (exact) mass is 230 g/mol. The summed E-state index contributed by atoms with van der Waals surface area (Å²) in [5.41, 5.74) is 0. The minimum Gasteiger partial charge on any atom is -0.383 e. The number of rotatable bonds is 9. The van der Waals surface area contributed by atoms with E-state index in [4.69, 9.17) is 4.74 Å². The molecule has 0 saturated heterocycles. The lowest BCUT2D eigenvalue weighted by Gasteiger charge is -2.22.